The van der Waals surface area contributed by atoms with E-state index in [1.165, 1.54) is 0 Å². The molecule has 0 spiro atoms. The predicted octanol–water partition coefficient (Wildman–Crippen LogP) is 4.62. The zero-order valence-corrected chi connectivity index (χ0v) is 13.4. The van der Waals surface area contributed by atoms with Crippen LogP contribution in [0.25, 0.3) is 0 Å². The molecular weight excluding hydrogens is 347 g/mol. The molecule has 19 heavy (non-hydrogen) atoms. The summed E-state index contributed by atoms with van der Waals surface area (Å²) in [5.74, 6) is 5.68. The van der Waals surface area contributed by atoms with Crippen LogP contribution in [0.3, 0.4) is 0 Å². The van der Waals surface area contributed by atoms with Gasteiger partial charge in [-0.3, -0.25) is 5.84 Å². The van der Waals surface area contributed by atoms with Crippen LogP contribution in [-0.2, 0) is 0 Å². The molecule has 100 valence electrons. The fourth-order valence-corrected chi connectivity index (χ4v) is 2.69. The van der Waals surface area contributed by atoms with E-state index in [4.69, 9.17) is 29.0 Å². The van der Waals surface area contributed by atoms with Crippen molar-refractivity contribution in [2.45, 2.75) is 13.0 Å². The average Bonchev–Trinajstić information content (AvgIpc) is 2.38. The molecule has 0 aromatic heterocycles. The van der Waals surface area contributed by atoms with Crippen molar-refractivity contribution in [2.24, 2.45) is 5.84 Å². The third-order valence-electron chi connectivity index (χ3n) is 2.96. The summed E-state index contributed by atoms with van der Waals surface area (Å²) in [6.45, 7) is 2.03. The summed E-state index contributed by atoms with van der Waals surface area (Å²) in [5, 5.41) is 1.26. The molecule has 1 unspecified atom stereocenters. The van der Waals surface area contributed by atoms with Gasteiger partial charge < -0.3 is 0 Å². The van der Waals surface area contributed by atoms with Crippen LogP contribution in [0.2, 0.25) is 10.0 Å². The standard InChI is InChI=1S/C14H13BrCl2N2/c1-8-2-3-9(6-12(8)15)14(19-18)11-7-10(16)4-5-13(11)17/h2-7,14,19H,18H2,1H3. The summed E-state index contributed by atoms with van der Waals surface area (Å²) >= 11 is 15.8. The monoisotopic (exact) mass is 358 g/mol. The third-order valence-corrected chi connectivity index (χ3v) is 4.40. The van der Waals surface area contributed by atoms with Gasteiger partial charge in [-0.1, -0.05) is 51.3 Å². The van der Waals surface area contributed by atoms with Crippen molar-refractivity contribution in [1.82, 2.24) is 5.43 Å². The molecule has 1 atom stereocenters. The van der Waals surface area contributed by atoms with Crippen LogP contribution in [0.4, 0.5) is 0 Å². The Hall–Kier alpha value is -0.580. The lowest BCUT2D eigenvalue weighted by Crippen LogP contribution is -2.29. The predicted molar refractivity (Wildman–Crippen MR) is 84.5 cm³/mol. The molecule has 2 rings (SSSR count). The molecule has 0 fully saturated rings. The highest BCUT2D eigenvalue weighted by Crippen LogP contribution is 2.31. The van der Waals surface area contributed by atoms with Crippen LogP contribution in [-0.4, -0.2) is 0 Å². The molecule has 0 heterocycles. The second-order valence-corrected chi connectivity index (χ2v) is 5.97. The highest BCUT2D eigenvalue weighted by atomic mass is 79.9. The van der Waals surface area contributed by atoms with E-state index in [1.807, 2.05) is 31.2 Å². The van der Waals surface area contributed by atoms with Gasteiger partial charge in [0.15, 0.2) is 0 Å². The largest absolute Gasteiger partial charge is 0.271 e. The second-order valence-electron chi connectivity index (χ2n) is 4.27. The average molecular weight is 360 g/mol. The number of benzene rings is 2. The normalized spacial score (nSPS) is 12.5. The van der Waals surface area contributed by atoms with Crippen LogP contribution in [0.5, 0.6) is 0 Å². The SMILES string of the molecule is Cc1ccc(C(NN)c2cc(Cl)ccc2Cl)cc1Br. The summed E-state index contributed by atoms with van der Waals surface area (Å²) in [5.41, 5.74) is 5.82. The smallest absolute Gasteiger partial charge is 0.0725 e. The zero-order chi connectivity index (χ0) is 14.0. The number of hydrogen-bond acceptors (Lipinski definition) is 2. The molecule has 0 saturated heterocycles. The van der Waals surface area contributed by atoms with Crippen molar-refractivity contribution in [3.8, 4) is 0 Å². The van der Waals surface area contributed by atoms with Crippen LogP contribution >= 0.6 is 39.1 Å². The summed E-state index contributed by atoms with van der Waals surface area (Å²) in [6.07, 6.45) is 0. The minimum absolute atomic E-state index is 0.205. The zero-order valence-electron chi connectivity index (χ0n) is 10.3. The number of rotatable bonds is 3. The van der Waals surface area contributed by atoms with Crippen molar-refractivity contribution in [2.75, 3.05) is 0 Å². The summed E-state index contributed by atoms with van der Waals surface area (Å²) < 4.78 is 1.03. The number of aryl methyl sites for hydroxylation is 1. The van der Waals surface area contributed by atoms with E-state index in [0.29, 0.717) is 10.0 Å². The molecule has 0 radical (unpaired) electrons. The van der Waals surface area contributed by atoms with Crippen LogP contribution in [0.1, 0.15) is 22.7 Å². The fourth-order valence-electron chi connectivity index (χ4n) is 1.89. The first-order chi connectivity index (χ1) is 9.02. The molecule has 2 aromatic carbocycles. The van der Waals surface area contributed by atoms with Gasteiger partial charge in [0, 0.05) is 14.5 Å². The Morgan fingerprint density at radius 2 is 1.89 bits per heavy atom. The van der Waals surface area contributed by atoms with Crippen LogP contribution in [0.15, 0.2) is 40.9 Å². The summed E-state index contributed by atoms with van der Waals surface area (Å²) in [6, 6.07) is 11.2. The summed E-state index contributed by atoms with van der Waals surface area (Å²) in [7, 11) is 0. The molecule has 2 nitrogen and oxygen atoms in total. The number of nitrogens with two attached hydrogens (primary N) is 1. The van der Waals surface area contributed by atoms with Gasteiger partial charge in [-0.05, 0) is 47.9 Å². The van der Waals surface area contributed by atoms with E-state index in [9.17, 15) is 0 Å². The number of hydrazine groups is 1. The van der Waals surface area contributed by atoms with Crippen molar-refractivity contribution >= 4 is 39.1 Å². The first kappa shape index (κ1) is 14.8. The van der Waals surface area contributed by atoms with E-state index >= 15 is 0 Å². The lowest BCUT2D eigenvalue weighted by atomic mass is 9.98. The van der Waals surface area contributed by atoms with Gasteiger partial charge in [-0.25, -0.2) is 5.43 Å². The molecule has 3 N–H and O–H groups in total. The first-order valence-corrected chi connectivity index (χ1v) is 7.25. The van der Waals surface area contributed by atoms with Crippen molar-refractivity contribution in [1.29, 1.82) is 0 Å². The van der Waals surface area contributed by atoms with E-state index in [1.54, 1.807) is 12.1 Å². The molecule has 5 heteroatoms. The van der Waals surface area contributed by atoms with E-state index in [2.05, 4.69) is 21.4 Å². The Bertz CT molecular complexity index is 602. The lowest BCUT2D eigenvalue weighted by molar-refractivity contribution is 0.636. The minimum Gasteiger partial charge on any atom is -0.271 e. The Morgan fingerprint density at radius 1 is 1.16 bits per heavy atom. The third kappa shape index (κ3) is 3.30. The first-order valence-electron chi connectivity index (χ1n) is 5.70. The lowest BCUT2D eigenvalue weighted by Gasteiger charge is -2.19. The molecule has 0 aliphatic heterocycles. The van der Waals surface area contributed by atoms with Crippen molar-refractivity contribution in [3.63, 3.8) is 0 Å². The summed E-state index contributed by atoms with van der Waals surface area (Å²) in [4.78, 5) is 0. The van der Waals surface area contributed by atoms with E-state index < -0.39 is 0 Å². The maximum absolute atomic E-state index is 6.22. The van der Waals surface area contributed by atoms with Gasteiger partial charge in [0.25, 0.3) is 0 Å². The minimum atomic E-state index is -0.205. The maximum atomic E-state index is 6.22. The van der Waals surface area contributed by atoms with Crippen LogP contribution < -0.4 is 11.3 Å². The molecule has 0 bridgehead atoms. The van der Waals surface area contributed by atoms with Crippen LogP contribution in [0, 0.1) is 6.92 Å². The highest BCUT2D eigenvalue weighted by Gasteiger charge is 2.16. The van der Waals surface area contributed by atoms with Gasteiger partial charge in [0.05, 0.1) is 6.04 Å². The molecule has 2 aromatic rings. The van der Waals surface area contributed by atoms with Gasteiger partial charge >= 0.3 is 0 Å². The molecular formula is C14H13BrCl2N2. The Labute approximate surface area is 131 Å². The van der Waals surface area contributed by atoms with Gasteiger partial charge in [-0.2, -0.15) is 0 Å². The molecule has 0 saturated carbocycles. The topological polar surface area (TPSA) is 38.0 Å². The maximum Gasteiger partial charge on any atom is 0.0725 e. The highest BCUT2D eigenvalue weighted by molar-refractivity contribution is 9.10. The van der Waals surface area contributed by atoms with Gasteiger partial charge in [0.1, 0.15) is 0 Å². The molecule has 0 aliphatic rings. The van der Waals surface area contributed by atoms with Crippen molar-refractivity contribution in [3.05, 3.63) is 67.6 Å². The number of nitrogens with one attached hydrogen (secondary N) is 1. The van der Waals surface area contributed by atoms with Gasteiger partial charge in [0.2, 0.25) is 0 Å². The van der Waals surface area contributed by atoms with E-state index in [-0.39, 0.29) is 6.04 Å². The van der Waals surface area contributed by atoms with Crippen molar-refractivity contribution < 1.29 is 0 Å². The Morgan fingerprint density at radius 3 is 2.53 bits per heavy atom. The quantitative estimate of drug-likeness (QED) is 0.620. The fraction of sp³-hybridized carbons (Fsp3) is 0.143. The van der Waals surface area contributed by atoms with Gasteiger partial charge in [-0.15, -0.1) is 0 Å². The number of halogens is 3. The van der Waals surface area contributed by atoms with E-state index in [0.717, 1.165) is 21.2 Å². The molecule has 0 aliphatic carbocycles. The number of hydrogen-bond donors (Lipinski definition) is 2. The Balaban J connectivity index is 2.49. The second kappa shape index (κ2) is 6.25. The Kier molecular flexibility index (Phi) is 4.87. The molecule has 0 amide bonds.